The average Bonchev–Trinajstić information content (AvgIpc) is 3.38. The number of allylic oxidation sites excluding steroid dienone is 1. The Hall–Kier alpha value is -5.84. The van der Waals surface area contributed by atoms with Gasteiger partial charge in [-0.1, -0.05) is 140 Å². The van der Waals surface area contributed by atoms with Crippen LogP contribution in [0.5, 0.6) is 0 Å². The second-order valence-corrected chi connectivity index (χ2v) is 19.3. The third-order valence-electron chi connectivity index (χ3n) is 11.2. The molecule has 1 aliphatic carbocycles. The van der Waals surface area contributed by atoms with Crippen molar-refractivity contribution < 1.29 is 9.59 Å². The maximum atomic E-state index is 13.5. The van der Waals surface area contributed by atoms with Crippen molar-refractivity contribution in [3.63, 3.8) is 0 Å². The van der Waals surface area contributed by atoms with Crippen molar-refractivity contribution >= 4 is 74.7 Å². The van der Waals surface area contributed by atoms with E-state index in [-0.39, 0.29) is 22.6 Å². The first kappa shape index (κ1) is 31.2. The van der Waals surface area contributed by atoms with Gasteiger partial charge in [-0.2, -0.15) is 0 Å². The molecule has 9 rings (SSSR count). The zero-order valence-corrected chi connectivity index (χ0v) is 30.2. The summed E-state index contributed by atoms with van der Waals surface area (Å²) in [6, 6.07) is 51.1. The van der Waals surface area contributed by atoms with Crippen LogP contribution in [0.15, 0.2) is 151 Å². The summed E-state index contributed by atoms with van der Waals surface area (Å²) in [6.07, 6.45) is 1.77. The van der Waals surface area contributed by atoms with Gasteiger partial charge in [0.05, 0.1) is 16.9 Å². The fraction of sp³-hybridized carbons (Fsp3) is 0.106. The Labute approximate surface area is 299 Å². The zero-order chi connectivity index (χ0) is 35.1. The maximum absolute atomic E-state index is 13.5. The van der Waals surface area contributed by atoms with Crippen LogP contribution in [-0.4, -0.2) is 19.6 Å². The molecule has 7 aromatic carbocycles. The van der Waals surface area contributed by atoms with Gasteiger partial charge in [-0.3, -0.25) is 9.59 Å². The molecule has 0 unspecified atom stereocenters. The van der Waals surface area contributed by atoms with Crippen molar-refractivity contribution in [2.24, 2.45) is 0 Å². The second-order valence-electron chi connectivity index (χ2n) is 14.9. The fourth-order valence-electron chi connectivity index (χ4n) is 8.37. The van der Waals surface area contributed by atoms with Crippen LogP contribution in [-0.2, 0) is 5.41 Å². The van der Waals surface area contributed by atoms with Gasteiger partial charge in [0.2, 0.25) is 0 Å². The van der Waals surface area contributed by atoms with Crippen LogP contribution in [0.25, 0.3) is 27.6 Å². The number of hydrogen-bond acceptors (Lipinski definition) is 3. The molecule has 1 heterocycles. The summed E-state index contributed by atoms with van der Waals surface area (Å²) in [5.74, 6) is -0.416. The number of carbonyl (C=O) groups is 2. The molecule has 0 saturated heterocycles. The molecule has 51 heavy (non-hydrogen) atoms. The predicted molar refractivity (Wildman–Crippen MR) is 215 cm³/mol. The van der Waals surface area contributed by atoms with Crippen molar-refractivity contribution in [1.29, 1.82) is 0 Å². The van der Waals surface area contributed by atoms with E-state index in [9.17, 15) is 9.59 Å². The Morgan fingerprint density at radius 2 is 1.18 bits per heavy atom. The van der Waals surface area contributed by atoms with E-state index in [1.54, 1.807) is 6.08 Å². The molecule has 0 N–H and O–H groups in total. The summed E-state index contributed by atoms with van der Waals surface area (Å²) in [6.45, 7) is 9.46. The number of anilines is 3. The van der Waals surface area contributed by atoms with Crippen LogP contribution in [0.3, 0.4) is 0 Å². The fourth-order valence-corrected chi connectivity index (χ4v) is 10.7. The Morgan fingerprint density at radius 3 is 1.86 bits per heavy atom. The monoisotopic (exact) mass is 675 g/mol. The third kappa shape index (κ3) is 4.78. The first-order chi connectivity index (χ1) is 24.6. The zero-order valence-electron chi connectivity index (χ0n) is 29.2. The Bertz CT molecular complexity index is 2560. The summed E-state index contributed by atoms with van der Waals surface area (Å²) in [5.41, 5.74) is 7.76. The lowest BCUT2D eigenvalue weighted by Gasteiger charge is -2.43. The van der Waals surface area contributed by atoms with Crippen LogP contribution in [0.2, 0.25) is 13.1 Å². The molecule has 0 spiro atoms. The Kier molecular flexibility index (Phi) is 6.93. The minimum Gasteiger partial charge on any atom is -0.310 e. The number of nitrogens with zero attached hydrogens (tertiary/aromatic N) is 1. The Balaban J connectivity index is 1.13. The summed E-state index contributed by atoms with van der Waals surface area (Å²) in [5, 5.41) is 6.98. The van der Waals surface area contributed by atoms with Crippen LogP contribution < -0.4 is 15.3 Å². The third-order valence-corrected chi connectivity index (χ3v) is 14.8. The number of hydrogen-bond donors (Lipinski definition) is 0. The minimum atomic E-state index is -1.85. The van der Waals surface area contributed by atoms with E-state index in [2.05, 4.69) is 135 Å². The quantitative estimate of drug-likeness (QED) is 0.106. The van der Waals surface area contributed by atoms with E-state index in [0.717, 1.165) is 38.5 Å². The van der Waals surface area contributed by atoms with Crippen LogP contribution in [0.1, 0.15) is 51.3 Å². The summed E-state index contributed by atoms with van der Waals surface area (Å²) in [4.78, 5) is 29.5. The van der Waals surface area contributed by atoms with Crippen LogP contribution in [0, 0.1) is 0 Å². The van der Waals surface area contributed by atoms with Crippen molar-refractivity contribution in [3.05, 3.63) is 179 Å². The van der Waals surface area contributed by atoms with E-state index >= 15 is 0 Å². The van der Waals surface area contributed by atoms with Gasteiger partial charge in [-0.05, 0) is 86.8 Å². The molecule has 246 valence electrons. The van der Waals surface area contributed by atoms with E-state index < -0.39 is 8.07 Å². The molecule has 7 aromatic rings. The molecule has 0 amide bonds. The lowest BCUT2D eigenvalue weighted by atomic mass is 9.71. The second kappa shape index (κ2) is 11.3. The molecule has 1 aliphatic heterocycles. The minimum absolute atomic E-state index is 0.208. The number of benzene rings is 7. The molecule has 0 aromatic heterocycles. The van der Waals surface area contributed by atoms with Crippen molar-refractivity contribution in [1.82, 2.24) is 0 Å². The number of para-hydroxylation sites is 1. The smallest absolute Gasteiger partial charge is 0.197 e. The standard InChI is InChI=1S/C47H37NO2Si/c1-47(2)41-16-10-11-17-42(41)48(34-20-22-36(23-21-34)51(3,4)35-14-6-5-7-15-35)43-25-19-33-26-30(18-24-37(33)44(43)47)27-40-45(49)38-28-31-12-8-9-13-32(31)29-39(38)46(40)50/h5-29H,1-4H3. The molecule has 0 atom stereocenters. The number of rotatable bonds is 4. The highest BCUT2D eigenvalue weighted by atomic mass is 28.3. The van der Waals surface area contributed by atoms with Crippen molar-refractivity contribution in [2.75, 3.05) is 4.90 Å². The van der Waals surface area contributed by atoms with Gasteiger partial charge < -0.3 is 4.90 Å². The number of Topliss-reactive ketones (excluding diaryl/α,β-unsaturated/α-hetero) is 2. The van der Waals surface area contributed by atoms with E-state index in [4.69, 9.17) is 0 Å². The van der Waals surface area contributed by atoms with Gasteiger partial charge in [0.15, 0.2) is 11.6 Å². The van der Waals surface area contributed by atoms with Crippen LogP contribution >= 0.6 is 0 Å². The molecule has 2 aliphatic rings. The average molecular weight is 676 g/mol. The van der Waals surface area contributed by atoms with Gasteiger partial charge in [-0.15, -0.1) is 0 Å². The highest BCUT2D eigenvalue weighted by Gasteiger charge is 2.38. The SMILES string of the molecule is CC1(C)c2ccccc2N(c2ccc([Si](C)(C)c3ccccc3)cc2)c2ccc3cc(C=C4C(=O)c5cc6ccccc6cc5C4=O)ccc3c21. The lowest BCUT2D eigenvalue weighted by Crippen LogP contribution is -2.52. The van der Waals surface area contributed by atoms with E-state index in [0.29, 0.717) is 11.1 Å². The Morgan fingerprint density at radius 1 is 0.569 bits per heavy atom. The van der Waals surface area contributed by atoms with Gasteiger partial charge in [0.25, 0.3) is 0 Å². The van der Waals surface area contributed by atoms with E-state index in [1.807, 2.05) is 42.5 Å². The van der Waals surface area contributed by atoms with Crippen molar-refractivity contribution in [3.8, 4) is 0 Å². The molecule has 0 bridgehead atoms. The van der Waals surface area contributed by atoms with E-state index in [1.165, 1.54) is 27.2 Å². The molecule has 0 radical (unpaired) electrons. The molecule has 0 saturated carbocycles. The molecular weight excluding hydrogens is 639 g/mol. The first-order valence-corrected chi connectivity index (χ1v) is 20.6. The van der Waals surface area contributed by atoms with Gasteiger partial charge in [0, 0.05) is 22.2 Å². The van der Waals surface area contributed by atoms with Gasteiger partial charge in [-0.25, -0.2) is 0 Å². The molecule has 3 nitrogen and oxygen atoms in total. The molecule has 0 fully saturated rings. The normalized spacial score (nSPS) is 14.8. The van der Waals surface area contributed by atoms with Crippen LogP contribution in [0.4, 0.5) is 17.1 Å². The summed E-state index contributed by atoms with van der Waals surface area (Å²) in [7, 11) is -1.85. The highest BCUT2D eigenvalue weighted by molar-refractivity contribution is 7.00. The number of ketones is 2. The lowest BCUT2D eigenvalue weighted by molar-refractivity contribution is 0.0990. The predicted octanol–water partition coefficient (Wildman–Crippen LogP) is 10.4. The molecular formula is C47H37NO2Si. The summed E-state index contributed by atoms with van der Waals surface area (Å²) < 4.78 is 0. The summed E-state index contributed by atoms with van der Waals surface area (Å²) >= 11 is 0. The first-order valence-electron chi connectivity index (χ1n) is 17.6. The largest absolute Gasteiger partial charge is 0.310 e. The van der Waals surface area contributed by atoms with Gasteiger partial charge in [0.1, 0.15) is 8.07 Å². The molecule has 4 heteroatoms. The van der Waals surface area contributed by atoms with Gasteiger partial charge >= 0.3 is 0 Å². The number of fused-ring (bicyclic) bond motifs is 6. The number of carbonyl (C=O) groups excluding carboxylic acids is 2. The maximum Gasteiger partial charge on any atom is 0.197 e. The highest BCUT2D eigenvalue weighted by Crippen LogP contribution is 2.53. The topological polar surface area (TPSA) is 37.4 Å². The van der Waals surface area contributed by atoms with Crippen molar-refractivity contribution in [2.45, 2.75) is 32.4 Å².